The van der Waals surface area contributed by atoms with E-state index in [1.165, 1.54) is 28.6 Å². The summed E-state index contributed by atoms with van der Waals surface area (Å²) in [5.41, 5.74) is 3.18. The Labute approximate surface area is 193 Å². The van der Waals surface area contributed by atoms with E-state index in [0.717, 1.165) is 11.1 Å². The molecule has 1 unspecified atom stereocenters. The van der Waals surface area contributed by atoms with Gasteiger partial charge in [0.05, 0.1) is 16.1 Å². The van der Waals surface area contributed by atoms with Crippen molar-refractivity contribution in [1.82, 2.24) is 0 Å². The number of anilines is 2. The normalized spacial score (nSPS) is 15.1. The number of para-hydroxylation sites is 2. The smallest absolute Gasteiger partial charge is 0.338 e. The number of carbonyl (C=O) groups is 2. The maximum atomic E-state index is 13.4. The lowest BCUT2D eigenvalue weighted by Gasteiger charge is -2.24. The fourth-order valence-electron chi connectivity index (χ4n) is 3.91. The summed E-state index contributed by atoms with van der Waals surface area (Å²) >= 11 is 0. The van der Waals surface area contributed by atoms with Crippen LogP contribution in [0.25, 0.3) is 0 Å². The summed E-state index contributed by atoms with van der Waals surface area (Å²) in [7, 11) is -3.89. The average molecular weight is 465 g/mol. The van der Waals surface area contributed by atoms with Crippen LogP contribution in [0.2, 0.25) is 0 Å². The van der Waals surface area contributed by atoms with Gasteiger partial charge in [0.25, 0.3) is 15.9 Å². The first-order valence-corrected chi connectivity index (χ1v) is 12.0. The highest BCUT2D eigenvalue weighted by atomic mass is 32.2. The summed E-state index contributed by atoms with van der Waals surface area (Å²) in [6, 6.07) is 20.1. The molecule has 1 N–H and O–H groups in total. The first-order chi connectivity index (χ1) is 15.8. The van der Waals surface area contributed by atoms with E-state index in [2.05, 4.69) is 5.32 Å². The Morgan fingerprint density at radius 1 is 1.03 bits per heavy atom. The van der Waals surface area contributed by atoms with Gasteiger partial charge >= 0.3 is 5.97 Å². The third kappa shape index (κ3) is 4.61. The Morgan fingerprint density at radius 2 is 1.76 bits per heavy atom. The van der Waals surface area contributed by atoms with Crippen LogP contribution in [0.3, 0.4) is 0 Å². The first-order valence-electron chi connectivity index (χ1n) is 10.5. The van der Waals surface area contributed by atoms with Crippen molar-refractivity contribution < 1.29 is 22.7 Å². The lowest BCUT2D eigenvalue weighted by atomic mass is 10.1. The van der Waals surface area contributed by atoms with Crippen LogP contribution in [0.1, 0.15) is 28.4 Å². The summed E-state index contributed by atoms with van der Waals surface area (Å²) in [5.74, 6) is -1.26. The molecule has 7 nitrogen and oxygen atoms in total. The number of fused-ring (bicyclic) bond motifs is 1. The molecule has 0 radical (unpaired) electrons. The van der Waals surface area contributed by atoms with E-state index in [0.29, 0.717) is 17.8 Å². The summed E-state index contributed by atoms with van der Waals surface area (Å²) < 4.78 is 33.3. The number of esters is 1. The fraction of sp³-hybridized carbons (Fsp3) is 0.200. The van der Waals surface area contributed by atoms with Crippen LogP contribution < -0.4 is 9.62 Å². The quantitative estimate of drug-likeness (QED) is 0.558. The number of carbonyl (C=O) groups excluding carboxylic acids is 2. The predicted octanol–water partition coefficient (Wildman–Crippen LogP) is 3.93. The summed E-state index contributed by atoms with van der Waals surface area (Å²) in [6.45, 7) is 3.22. The number of benzene rings is 3. The second-order valence-electron chi connectivity index (χ2n) is 7.95. The Hall–Kier alpha value is -3.65. The molecule has 0 bridgehead atoms. The Morgan fingerprint density at radius 3 is 2.55 bits per heavy atom. The average Bonchev–Trinajstić information content (AvgIpc) is 3.15. The SMILES string of the molecule is Cc1ccccc1NC(=O)COC(=O)c1cccc(S(=O)(=O)N2c3ccccc3CC2C)c1. The molecule has 3 aromatic carbocycles. The number of aryl methyl sites for hydroxylation is 1. The van der Waals surface area contributed by atoms with Crippen LogP contribution >= 0.6 is 0 Å². The monoisotopic (exact) mass is 464 g/mol. The zero-order valence-corrected chi connectivity index (χ0v) is 19.1. The topological polar surface area (TPSA) is 92.8 Å². The molecule has 1 aliphatic heterocycles. The van der Waals surface area contributed by atoms with Crippen molar-refractivity contribution in [1.29, 1.82) is 0 Å². The van der Waals surface area contributed by atoms with Crippen molar-refractivity contribution in [2.75, 3.05) is 16.2 Å². The molecule has 1 heterocycles. The predicted molar refractivity (Wildman–Crippen MR) is 126 cm³/mol. The molecule has 170 valence electrons. The van der Waals surface area contributed by atoms with Gasteiger partial charge in [0, 0.05) is 11.7 Å². The molecular formula is C25H24N2O5S. The molecule has 0 saturated carbocycles. The van der Waals surface area contributed by atoms with Gasteiger partial charge in [0.2, 0.25) is 0 Å². The number of ether oxygens (including phenoxy) is 1. The fourth-order valence-corrected chi connectivity index (χ4v) is 5.65. The van der Waals surface area contributed by atoms with Crippen LogP contribution in [0.15, 0.2) is 77.7 Å². The van der Waals surface area contributed by atoms with Gasteiger partial charge in [-0.05, 0) is 61.7 Å². The van der Waals surface area contributed by atoms with E-state index in [4.69, 9.17) is 4.74 Å². The Bertz CT molecular complexity index is 1320. The van der Waals surface area contributed by atoms with E-state index in [1.807, 2.05) is 38.1 Å². The van der Waals surface area contributed by atoms with Gasteiger partial charge in [-0.1, -0.05) is 42.5 Å². The molecule has 0 fully saturated rings. The zero-order chi connectivity index (χ0) is 23.6. The third-order valence-electron chi connectivity index (χ3n) is 5.52. The standard InChI is InChI=1S/C25H24N2O5S/c1-17-8-3-5-12-22(17)26-24(28)16-32-25(29)20-10-7-11-21(15-20)33(30,31)27-18(2)14-19-9-4-6-13-23(19)27/h3-13,15,18H,14,16H2,1-2H3,(H,26,28). The molecular weight excluding hydrogens is 440 g/mol. The van der Waals surface area contributed by atoms with E-state index < -0.39 is 28.5 Å². The van der Waals surface area contributed by atoms with Crippen molar-refractivity contribution in [3.8, 4) is 0 Å². The van der Waals surface area contributed by atoms with Crippen molar-refractivity contribution >= 4 is 33.3 Å². The molecule has 8 heteroatoms. The third-order valence-corrected chi connectivity index (χ3v) is 7.45. The molecule has 1 aliphatic rings. The van der Waals surface area contributed by atoms with E-state index in [-0.39, 0.29) is 16.5 Å². The second-order valence-corrected chi connectivity index (χ2v) is 9.76. The minimum atomic E-state index is -3.89. The van der Waals surface area contributed by atoms with Gasteiger partial charge in [0.1, 0.15) is 0 Å². The van der Waals surface area contributed by atoms with Gasteiger partial charge < -0.3 is 10.1 Å². The lowest BCUT2D eigenvalue weighted by Crippen LogP contribution is -2.35. The number of hydrogen-bond donors (Lipinski definition) is 1. The number of sulfonamides is 1. The van der Waals surface area contributed by atoms with Crippen molar-refractivity contribution in [2.45, 2.75) is 31.2 Å². The van der Waals surface area contributed by atoms with Crippen LogP contribution in [-0.4, -0.2) is 32.9 Å². The van der Waals surface area contributed by atoms with Gasteiger partial charge in [-0.3, -0.25) is 9.10 Å². The van der Waals surface area contributed by atoms with E-state index in [1.54, 1.807) is 24.3 Å². The van der Waals surface area contributed by atoms with Crippen LogP contribution in [0.5, 0.6) is 0 Å². The van der Waals surface area contributed by atoms with Gasteiger partial charge in [0.15, 0.2) is 6.61 Å². The number of nitrogens with one attached hydrogen (secondary N) is 1. The van der Waals surface area contributed by atoms with E-state index >= 15 is 0 Å². The number of amides is 1. The summed E-state index contributed by atoms with van der Waals surface area (Å²) in [6.07, 6.45) is 0.618. The number of hydrogen-bond acceptors (Lipinski definition) is 5. The molecule has 0 aromatic heterocycles. The molecule has 1 amide bonds. The summed E-state index contributed by atoms with van der Waals surface area (Å²) in [5, 5.41) is 2.69. The lowest BCUT2D eigenvalue weighted by molar-refractivity contribution is -0.119. The van der Waals surface area contributed by atoms with Gasteiger partial charge in [-0.25, -0.2) is 13.2 Å². The first kappa shape index (κ1) is 22.5. The molecule has 3 aromatic rings. The molecule has 0 saturated heterocycles. The van der Waals surface area contributed by atoms with Crippen molar-refractivity contribution in [3.05, 3.63) is 89.5 Å². The zero-order valence-electron chi connectivity index (χ0n) is 18.3. The largest absolute Gasteiger partial charge is 0.452 e. The maximum Gasteiger partial charge on any atom is 0.338 e. The number of rotatable bonds is 6. The van der Waals surface area contributed by atoms with Crippen molar-refractivity contribution in [3.63, 3.8) is 0 Å². The highest BCUT2D eigenvalue weighted by molar-refractivity contribution is 7.92. The molecule has 0 spiro atoms. The molecule has 4 rings (SSSR count). The minimum Gasteiger partial charge on any atom is -0.452 e. The van der Waals surface area contributed by atoms with Crippen LogP contribution in [0.4, 0.5) is 11.4 Å². The van der Waals surface area contributed by atoms with Crippen LogP contribution in [0, 0.1) is 6.92 Å². The second kappa shape index (κ2) is 9.07. The number of nitrogens with zero attached hydrogens (tertiary/aromatic N) is 1. The Kier molecular flexibility index (Phi) is 6.20. The minimum absolute atomic E-state index is 0.00938. The van der Waals surface area contributed by atoms with Gasteiger partial charge in [-0.2, -0.15) is 0 Å². The Balaban J connectivity index is 1.48. The molecule has 0 aliphatic carbocycles. The van der Waals surface area contributed by atoms with E-state index in [9.17, 15) is 18.0 Å². The highest BCUT2D eigenvalue weighted by Crippen LogP contribution is 2.36. The van der Waals surface area contributed by atoms with Gasteiger partial charge in [-0.15, -0.1) is 0 Å². The maximum absolute atomic E-state index is 13.4. The molecule has 1 atom stereocenters. The van der Waals surface area contributed by atoms with Crippen molar-refractivity contribution in [2.24, 2.45) is 0 Å². The summed E-state index contributed by atoms with van der Waals surface area (Å²) in [4.78, 5) is 24.7. The molecule has 33 heavy (non-hydrogen) atoms. The van der Waals surface area contributed by atoms with Crippen LogP contribution in [-0.2, 0) is 26.0 Å². The highest BCUT2D eigenvalue weighted by Gasteiger charge is 2.36.